The Morgan fingerprint density at radius 3 is 2.56 bits per heavy atom. The maximum absolute atomic E-state index is 12.8. The molecule has 2 aromatic rings. The Balaban J connectivity index is 0.00000102. The molecule has 27 heavy (non-hydrogen) atoms. The highest BCUT2D eigenvalue weighted by Gasteiger charge is 2.51. The zero-order chi connectivity index (χ0) is 19.6. The van der Waals surface area contributed by atoms with Gasteiger partial charge in [0, 0.05) is 17.5 Å². The van der Waals surface area contributed by atoms with E-state index in [-0.39, 0.29) is 23.8 Å². The van der Waals surface area contributed by atoms with Crippen molar-refractivity contribution in [2.24, 2.45) is 0 Å². The van der Waals surface area contributed by atoms with E-state index in [0.717, 1.165) is 36.4 Å². The van der Waals surface area contributed by atoms with E-state index >= 15 is 0 Å². The fourth-order valence-corrected chi connectivity index (χ4v) is 3.40. The summed E-state index contributed by atoms with van der Waals surface area (Å²) in [5.41, 5.74) is 2.91. The van der Waals surface area contributed by atoms with Gasteiger partial charge in [-0.1, -0.05) is 31.5 Å². The number of benzene rings is 1. The summed E-state index contributed by atoms with van der Waals surface area (Å²) in [7, 11) is 0. The van der Waals surface area contributed by atoms with Crippen LogP contribution in [0.1, 0.15) is 48.2 Å². The lowest BCUT2D eigenvalue weighted by molar-refractivity contribution is -0.117. The third kappa shape index (κ3) is 3.82. The second-order valence-corrected chi connectivity index (χ2v) is 6.76. The van der Waals surface area contributed by atoms with Crippen LogP contribution in [0.2, 0.25) is 0 Å². The van der Waals surface area contributed by atoms with Crippen LogP contribution in [-0.4, -0.2) is 39.8 Å². The fourth-order valence-electron chi connectivity index (χ4n) is 3.40. The number of nitrogens with zero attached hydrogens (tertiary/aromatic N) is 3. The minimum Gasteiger partial charge on any atom is -0.328 e. The quantitative estimate of drug-likeness (QED) is 0.901. The molecule has 142 valence electrons. The third-order valence-corrected chi connectivity index (χ3v) is 4.82. The molecule has 6 nitrogen and oxygen atoms in total. The number of hydrogen-bond acceptors (Lipinski definition) is 4. The van der Waals surface area contributed by atoms with Crippen molar-refractivity contribution in [1.82, 2.24) is 14.9 Å². The summed E-state index contributed by atoms with van der Waals surface area (Å²) in [5.74, 6) is -1.09. The normalized spacial score (nSPS) is 16.3. The van der Waals surface area contributed by atoms with Crippen LogP contribution in [-0.2, 0) is 10.2 Å². The van der Waals surface area contributed by atoms with E-state index in [1.807, 2.05) is 32.9 Å². The van der Waals surface area contributed by atoms with Gasteiger partial charge < -0.3 is 4.90 Å². The SMILES string of the molecule is CC.Cc1ccc2c(c1)C1(CC1)CN(CC(=O)Nc1ncc(F)cn1)C2=O. The average molecular weight is 370 g/mol. The van der Waals surface area contributed by atoms with E-state index in [1.165, 1.54) is 0 Å². The molecule has 0 bridgehead atoms. The van der Waals surface area contributed by atoms with E-state index in [2.05, 4.69) is 21.4 Å². The summed E-state index contributed by atoms with van der Waals surface area (Å²) in [5, 5.41) is 2.50. The molecule has 0 unspecified atom stereocenters. The van der Waals surface area contributed by atoms with Crippen molar-refractivity contribution in [1.29, 1.82) is 0 Å². The number of aryl methyl sites for hydroxylation is 1. The molecule has 2 heterocycles. The molecule has 0 saturated heterocycles. The lowest BCUT2D eigenvalue weighted by Crippen LogP contribution is -2.46. The Morgan fingerprint density at radius 2 is 1.93 bits per heavy atom. The molecule has 1 aliphatic heterocycles. The number of hydrogen-bond donors (Lipinski definition) is 1. The molecule has 1 aliphatic carbocycles. The predicted molar refractivity (Wildman–Crippen MR) is 100.0 cm³/mol. The number of anilines is 1. The van der Waals surface area contributed by atoms with Gasteiger partial charge in [0.1, 0.15) is 6.54 Å². The van der Waals surface area contributed by atoms with Gasteiger partial charge in [-0.25, -0.2) is 14.4 Å². The van der Waals surface area contributed by atoms with Gasteiger partial charge in [0.2, 0.25) is 11.9 Å². The third-order valence-electron chi connectivity index (χ3n) is 4.82. The Kier molecular flexibility index (Phi) is 5.21. The molecule has 1 N–H and O–H groups in total. The second kappa shape index (κ2) is 7.42. The van der Waals surface area contributed by atoms with Crippen LogP contribution in [0.15, 0.2) is 30.6 Å². The van der Waals surface area contributed by atoms with Gasteiger partial charge in [0.15, 0.2) is 5.82 Å². The number of nitrogens with one attached hydrogen (secondary N) is 1. The first-order chi connectivity index (χ1) is 13.0. The number of halogens is 1. The second-order valence-electron chi connectivity index (χ2n) is 6.76. The van der Waals surface area contributed by atoms with Crippen LogP contribution in [0.4, 0.5) is 10.3 Å². The number of carbonyl (C=O) groups excluding carboxylic acids is 2. The number of aromatic nitrogens is 2. The van der Waals surface area contributed by atoms with E-state index in [9.17, 15) is 14.0 Å². The number of carbonyl (C=O) groups is 2. The Labute approximate surface area is 157 Å². The van der Waals surface area contributed by atoms with Crippen molar-refractivity contribution in [3.05, 3.63) is 53.1 Å². The highest BCUT2D eigenvalue weighted by Crippen LogP contribution is 2.52. The van der Waals surface area contributed by atoms with Gasteiger partial charge >= 0.3 is 0 Å². The molecule has 4 rings (SSSR count). The average Bonchev–Trinajstić information content (AvgIpc) is 3.43. The van der Waals surface area contributed by atoms with Crippen molar-refractivity contribution in [3.63, 3.8) is 0 Å². The minimum atomic E-state index is -0.577. The standard InChI is InChI=1S/C18H17FN4O2.C2H6/c1-11-2-3-13-14(6-11)18(4-5-18)10-23(16(13)25)9-15(24)22-17-20-7-12(19)8-21-17;1-2/h2-3,6-8H,4-5,9-10H2,1H3,(H,20,21,22,24);1-2H3. The minimum absolute atomic E-state index is 0.0120. The maximum atomic E-state index is 12.8. The first-order valence-electron chi connectivity index (χ1n) is 9.15. The largest absolute Gasteiger partial charge is 0.328 e. The van der Waals surface area contributed by atoms with Crippen molar-refractivity contribution in [2.75, 3.05) is 18.4 Å². The zero-order valence-corrected chi connectivity index (χ0v) is 15.8. The topological polar surface area (TPSA) is 75.2 Å². The molecule has 2 aliphatic rings. The molecule has 0 atom stereocenters. The molecule has 1 saturated carbocycles. The molecular formula is C20H23FN4O2. The van der Waals surface area contributed by atoms with E-state index in [4.69, 9.17) is 0 Å². The highest BCUT2D eigenvalue weighted by molar-refractivity contribution is 6.01. The van der Waals surface area contributed by atoms with Crippen molar-refractivity contribution in [2.45, 2.75) is 39.0 Å². The summed E-state index contributed by atoms with van der Waals surface area (Å²) < 4.78 is 12.8. The summed E-state index contributed by atoms with van der Waals surface area (Å²) in [4.78, 5) is 33.9. The first-order valence-corrected chi connectivity index (χ1v) is 9.15. The Morgan fingerprint density at radius 1 is 1.26 bits per heavy atom. The van der Waals surface area contributed by atoms with Crippen LogP contribution >= 0.6 is 0 Å². The van der Waals surface area contributed by atoms with Gasteiger partial charge in [-0.3, -0.25) is 14.9 Å². The maximum Gasteiger partial charge on any atom is 0.254 e. The van der Waals surface area contributed by atoms with Gasteiger partial charge in [-0.15, -0.1) is 0 Å². The van der Waals surface area contributed by atoms with Crippen LogP contribution in [0, 0.1) is 12.7 Å². The van der Waals surface area contributed by atoms with Gasteiger partial charge in [-0.05, 0) is 31.4 Å². The number of fused-ring (bicyclic) bond motifs is 2. The molecule has 1 aromatic carbocycles. The zero-order valence-electron chi connectivity index (χ0n) is 15.8. The summed E-state index contributed by atoms with van der Waals surface area (Å²) in [6, 6.07) is 5.85. The summed E-state index contributed by atoms with van der Waals surface area (Å²) >= 11 is 0. The molecule has 1 aromatic heterocycles. The monoisotopic (exact) mass is 370 g/mol. The number of amides is 2. The van der Waals surface area contributed by atoms with E-state index in [0.29, 0.717) is 12.1 Å². The van der Waals surface area contributed by atoms with E-state index < -0.39 is 11.7 Å². The Bertz CT molecular complexity index is 863. The van der Waals surface area contributed by atoms with Gasteiger partial charge in [0.25, 0.3) is 5.91 Å². The van der Waals surface area contributed by atoms with E-state index in [1.54, 1.807) is 4.90 Å². The predicted octanol–water partition coefficient (Wildman–Crippen LogP) is 3.08. The van der Waals surface area contributed by atoms with Crippen molar-refractivity contribution in [3.8, 4) is 0 Å². The van der Waals surface area contributed by atoms with Crippen molar-refractivity contribution >= 4 is 17.8 Å². The van der Waals surface area contributed by atoms with Gasteiger partial charge in [0.05, 0.1) is 12.4 Å². The molecule has 7 heteroatoms. The lowest BCUT2D eigenvalue weighted by atomic mass is 9.85. The van der Waals surface area contributed by atoms with Crippen molar-refractivity contribution < 1.29 is 14.0 Å². The molecule has 1 spiro atoms. The van der Waals surface area contributed by atoms with Gasteiger partial charge in [-0.2, -0.15) is 0 Å². The van der Waals surface area contributed by atoms with Crippen LogP contribution in [0.25, 0.3) is 0 Å². The highest BCUT2D eigenvalue weighted by atomic mass is 19.1. The van der Waals surface area contributed by atoms with Crippen LogP contribution in [0.3, 0.4) is 0 Å². The first kappa shape index (κ1) is 18.9. The fraction of sp³-hybridized carbons (Fsp3) is 0.400. The smallest absolute Gasteiger partial charge is 0.254 e. The summed E-state index contributed by atoms with van der Waals surface area (Å²) in [6.07, 6.45) is 4.00. The molecular weight excluding hydrogens is 347 g/mol. The molecule has 2 amide bonds. The molecule has 0 radical (unpaired) electrons. The lowest BCUT2D eigenvalue weighted by Gasteiger charge is -2.34. The molecule has 1 fully saturated rings. The van der Waals surface area contributed by atoms with Crippen LogP contribution < -0.4 is 5.32 Å². The Hall–Kier alpha value is -2.83. The summed E-state index contributed by atoms with van der Waals surface area (Å²) in [6.45, 7) is 6.48. The number of rotatable bonds is 3. The van der Waals surface area contributed by atoms with Crippen LogP contribution in [0.5, 0.6) is 0 Å².